The van der Waals surface area contributed by atoms with Gasteiger partial charge in [-0.1, -0.05) is 88.5 Å². The third-order valence-corrected chi connectivity index (χ3v) is 7.82. The molecule has 8 heteroatoms. The number of phenols is 5. The second-order valence-electron chi connectivity index (χ2n) is 9.91. The van der Waals surface area contributed by atoms with Gasteiger partial charge < -0.3 is 30.1 Å². The number of phenolic OH excluding ortho intramolecular Hbond substituents is 5. The molecule has 0 aliphatic heterocycles. The number of allylic oxidation sites excluding steroid dienone is 4. The summed E-state index contributed by atoms with van der Waals surface area (Å²) in [5, 5.41) is 53.2. The Kier molecular flexibility index (Phi) is 8.07. The van der Waals surface area contributed by atoms with Crippen LogP contribution >= 0.6 is 31.9 Å². The van der Waals surface area contributed by atoms with Crippen molar-refractivity contribution in [1.82, 2.24) is 4.57 Å². The van der Waals surface area contributed by atoms with Gasteiger partial charge in [-0.3, -0.25) is 0 Å². The van der Waals surface area contributed by atoms with E-state index in [9.17, 15) is 25.5 Å². The van der Waals surface area contributed by atoms with E-state index >= 15 is 0 Å². The number of benzene rings is 4. The highest BCUT2D eigenvalue weighted by atomic mass is 79.9. The summed E-state index contributed by atoms with van der Waals surface area (Å²) in [5.74, 6) is -4.23. The van der Waals surface area contributed by atoms with Gasteiger partial charge in [0.2, 0.25) is 17.2 Å². The van der Waals surface area contributed by atoms with E-state index in [4.69, 9.17) is 0 Å². The van der Waals surface area contributed by atoms with Gasteiger partial charge in [-0.25, -0.2) is 0 Å². The molecule has 1 aliphatic carbocycles. The van der Waals surface area contributed by atoms with E-state index in [0.29, 0.717) is 5.56 Å². The first-order valence-corrected chi connectivity index (χ1v) is 14.8. The van der Waals surface area contributed by atoms with E-state index in [0.717, 1.165) is 60.4 Å². The van der Waals surface area contributed by atoms with Gasteiger partial charge in [-0.05, 0) is 65.9 Å². The summed E-state index contributed by atoms with van der Waals surface area (Å²) in [7, 11) is 0. The van der Waals surface area contributed by atoms with E-state index in [1.54, 1.807) is 12.1 Å². The fraction of sp³-hybridized carbons (Fsp3) is 0.152. The lowest BCUT2D eigenvalue weighted by atomic mass is 9.99. The van der Waals surface area contributed by atoms with Crippen molar-refractivity contribution in [1.29, 1.82) is 0 Å². The molecule has 0 spiro atoms. The van der Waals surface area contributed by atoms with Crippen molar-refractivity contribution in [2.45, 2.75) is 33.1 Å². The number of rotatable bonds is 3. The number of fused-ring (bicyclic) bond motifs is 3. The summed E-state index contributed by atoms with van der Waals surface area (Å²) in [6.45, 7) is 4.25. The standard InChI is InChI=1S/C30H21Br2NO5.C3H8/c31-18-10-17(11-19(32)14-18)15-6-8-21-22-9-7-16(25-26(34)28(36)30(38)29(37)27(25)35)13-24(22)33(23(21)12-15)20-4-2-1-3-5-20;1-3-2/h1-2,4,6-14,34-38H,3,5H2;3H2,1-2H3. The zero-order valence-electron chi connectivity index (χ0n) is 22.5. The molecule has 0 unspecified atom stereocenters. The Morgan fingerprint density at radius 2 is 1.17 bits per heavy atom. The molecule has 4 aromatic carbocycles. The van der Waals surface area contributed by atoms with Crippen LogP contribution in [0.15, 0.2) is 81.8 Å². The van der Waals surface area contributed by atoms with Crippen LogP contribution in [0.2, 0.25) is 0 Å². The van der Waals surface area contributed by atoms with Crippen LogP contribution in [0.1, 0.15) is 33.1 Å². The molecule has 0 atom stereocenters. The first kappa shape index (κ1) is 28.6. The molecule has 0 bridgehead atoms. The van der Waals surface area contributed by atoms with Crippen LogP contribution in [-0.2, 0) is 0 Å². The van der Waals surface area contributed by atoms with Gasteiger partial charge in [0, 0.05) is 25.4 Å². The van der Waals surface area contributed by atoms with Crippen LogP contribution in [0.3, 0.4) is 0 Å². The van der Waals surface area contributed by atoms with Gasteiger partial charge in [-0.15, -0.1) is 0 Å². The number of aromatic nitrogens is 1. The van der Waals surface area contributed by atoms with Crippen LogP contribution in [0.4, 0.5) is 0 Å². The van der Waals surface area contributed by atoms with E-state index in [-0.39, 0.29) is 5.56 Å². The summed E-state index contributed by atoms with van der Waals surface area (Å²) < 4.78 is 4.10. The molecule has 41 heavy (non-hydrogen) atoms. The largest absolute Gasteiger partial charge is 0.504 e. The quantitative estimate of drug-likeness (QED) is 0.0965. The minimum Gasteiger partial charge on any atom is -0.504 e. The van der Waals surface area contributed by atoms with Crippen LogP contribution in [0.5, 0.6) is 28.7 Å². The van der Waals surface area contributed by atoms with Crippen LogP contribution in [0.25, 0.3) is 49.8 Å². The first-order chi connectivity index (χ1) is 19.7. The Bertz CT molecular complexity index is 1820. The molecular formula is C33H29Br2NO5. The Morgan fingerprint density at radius 1 is 0.659 bits per heavy atom. The molecule has 0 saturated heterocycles. The summed E-state index contributed by atoms with van der Waals surface area (Å²) in [6, 6.07) is 17.8. The fourth-order valence-electron chi connectivity index (χ4n) is 5.12. The first-order valence-electron chi connectivity index (χ1n) is 13.3. The molecule has 6 nitrogen and oxygen atoms in total. The third-order valence-electron chi connectivity index (χ3n) is 6.90. The normalized spacial score (nSPS) is 12.8. The lowest BCUT2D eigenvalue weighted by Gasteiger charge is -2.16. The molecule has 1 aromatic heterocycles. The molecule has 0 radical (unpaired) electrons. The van der Waals surface area contributed by atoms with Gasteiger partial charge >= 0.3 is 0 Å². The lowest BCUT2D eigenvalue weighted by Crippen LogP contribution is -1.99. The van der Waals surface area contributed by atoms with Gasteiger partial charge in [0.05, 0.1) is 16.6 Å². The summed E-state index contributed by atoms with van der Waals surface area (Å²) in [4.78, 5) is 0. The van der Waals surface area contributed by atoms with E-state index < -0.39 is 28.7 Å². The maximum atomic E-state index is 10.6. The number of hydrogen-bond acceptors (Lipinski definition) is 5. The predicted octanol–water partition coefficient (Wildman–Crippen LogP) is 9.79. The summed E-state index contributed by atoms with van der Waals surface area (Å²) in [6.07, 6.45) is 9.19. The average molecular weight is 679 g/mol. The molecule has 6 rings (SSSR count). The van der Waals surface area contributed by atoms with Crippen molar-refractivity contribution in [3.05, 3.63) is 81.8 Å². The van der Waals surface area contributed by atoms with Gasteiger partial charge in [0.15, 0.2) is 11.5 Å². The number of hydrogen-bond donors (Lipinski definition) is 5. The summed E-state index contributed by atoms with van der Waals surface area (Å²) >= 11 is 7.15. The number of aromatic hydroxyl groups is 5. The molecule has 1 aliphatic rings. The monoisotopic (exact) mass is 677 g/mol. The second-order valence-corrected chi connectivity index (χ2v) is 11.7. The Labute approximate surface area is 254 Å². The maximum Gasteiger partial charge on any atom is 0.208 e. The minimum atomic E-state index is -0.982. The zero-order valence-corrected chi connectivity index (χ0v) is 25.7. The van der Waals surface area contributed by atoms with E-state index in [1.807, 2.05) is 18.2 Å². The smallest absolute Gasteiger partial charge is 0.208 e. The van der Waals surface area contributed by atoms with Crippen molar-refractivity contribution in [3.8, 4) is 51.0 Å². The molecule has 0 amide bonds. The minimum absolute atomic E-state index is 0.172. The van der Waals surface area contributed by atoms with Crippen LogP contribution in [-0.4, -0.2) is 30.1 Å². The predicted molar refractivity (Wildman–Crippen MR) is 173 cm³/mol. The van der Waals surface area contributed by atoms with Gasteiger partial charge in [0.1, 0.15) is 0 Å². The van der Waals surface area contributed by atoms with Gasteiger partial charge in [-0.2, -0.15) is 0 Å². The molecule has 210 valence electrons. The van der Waals surface area contributed by atoms with Crippen LogP contribution < -0.4 is 0 Å². The van der Waals surface area contributed by atoms with Gasteiger partial charge in [0.25, 0.3) is 0 Å². The van der Waals surface area contributed by atoms with E-state index in [1.165, 1.54) is 6.42 Å². The average Bonchev–Trinajstić information content (AvgIpc) is 3.28. The molecule has 5 aromatic rings. The number of halogens is 2. The fourth-order valence-corrected chi connectivity index (χ4v) is 6.41. The zero-order chi connectivity index (χ0) is 29.4. The third kappa shape index (κ3) is 5.18. The van der Waals surface area contributed by atoms with Crippen molar-refractivity contribution < 1.29 is 25.5 Å². The number of nitrogens with zero attached hydrogens (tertiary/aromatic N) is 1. The maximum absolute atomic E-state index is 10.6. The molecule has 0 fully saturated rings. The lowest BCUT2D eigenvalue weighted by molar-refractivity contribution is 0.330. The van der Waals surface area contributed by atoms with E-state index in [2.05, 4.69) is 92.8 Å². The molecule has 5 N–H and O–H groups in total. The SMILES string of the molecule is CCC.Oc1c(O)c(O)c(-c2ccc3c4ccc(-c5cc(Br)cc(Br)c5)cc4n(C4=CC=CCC4)c3c2)c(O)c1O. The Balaban J connectivity index is 0.00000108. The second kappa shape index (κ2) is 11.5. The van der Waals surface area contributed by atoms with Crippen molar-refractivity contribution >= 4 is 59.4 Å². The van der Waals surface area contributed by atoms with Crippen molar-refractivity contribution in [3.63, 3.8) is 0 Å². The molecule has 0 saturated carbocycles. The highest BCUT2D eigenvalue weighted by Gasteiger charge is 2.25. The van der Waals surface area contributed by atoms with Crippen molar-refractivity contribution in [2.75, 3.05) is 0 Å². The molecular weight excluding hydrogens is 650 g/mol. The Hall–Kier alpha value is -3.88. The topological polar surface area (TPSA) is 106 Å². The Morgan fingerprint density at radius 3 is 1.71 bits per heavy atom. The highest BCUT2D eigenvalue weighted by Crippen LogP contribution is 2.55. The molecule has 1 heterocycles. The van der Waals surface area contributed by atoms with Crippen LogP contribution in [0, 0.1) is 0 Å². The summed E-state index contributed by atoms with van der Waals surface area (Å²) in [5.41, 5.74) is 5.20. The van der Waals surface area contributed by atoms with Crippen molar-refractivity contribution in [2.24, 2.45) is 0 Å². The highest BCUT2D eigenvalue weighted by molar-refractivity contribution is 9.11.